The summed E-state index contributed by atoms with van der Waals surface area (Å²) < 4.78 is 14.8. The average molecular weight is 1770 g/mol. The molecule has 0 amide bonds. The Kier molecular flexibility index (Phi) is 170. The summed E-state index contributed by atoms with van der Waals surface area (Å²) >= 11 is 8.48. The molecule has 2 N–H and O–H groups in total. The number of hydrogen-bond donors (Lipinski definition) is 2. The van der Waals surface area contributed by atoms with E-state index in [4.69, 9.17) is 9.47 Å². The summed E-state index contributed by atoms with van der Waals surface area (Å²) in [7, 11) is 6.94. The molecule has 0 aliphatic heterocycles. The van der Waals surface area contributed by atoms with E-state index in [-0.39, 0.29) is 173 Å². The molecule has 0 fully saturated rings. The van der Waals surface area contributed by atoms with E-state index in [1.807, 2.05) is 34.6 Å². The van der Waals surface area contributed by atoms with Crippen LogP contribution in [-0.2, 0) is 180 Å². The van der Waals surface area contributed by atoms with Gasteiger partial charge in [0.25, 0.3) is 0 Å². The second kappa shape index (κ2) is 80.9. The molecule has 0 aromatic carbocycles. The van der Waals surface area contributed by atoms with Gasteiger partial charge in [-0.1, -0.05) is 52.1 Å². The largest absolute Gasteiger partial charge is 0.500 e. The maximum absolute atomic E-state index is 9.67. The Bertz CT molecular complexity index is 470. The van der Waals surface area contributed by atoms with E-state index in [0.717, 1.165) is 6.42 Å². The minimum Gasteiger partial charge on any atom is -0.500 e. The Balaban J connectivity index is -0.0000000215. The van der Waals surface area contributed by atoms with Crippen LogP contribution in [-0.4, -0.2) is 37.7 Å². The van der Waals surface area contributed by atoms with Crippen LogP contribution in [0.5, 0.6) is 0 Å². The number of hydrogen-bond acceptors (Lipinski definition) is 6. The molecule has 243 valence electrons. The molecule has 3 radical (unpaired) electrons. The summed E-state index contributed by atoms with van der Waals surface area (Å²) in [5, 5.41) is 5.40. The maximum atomic E-state index is 9.67. The van der Waals surface area contributed by atoms with E-state index in [1.165, 1.54) is 0 Å². The summed E-state index contributed by atoms with van der Waals surface area (Å²) in [5.41, 5.74) is -0.476. The third-order valence-corrected chi connectivity index (χ3v) is 2.75. The fourth-order valence-corrected chi connectivity index (χ4v) is 1.05. The van der Waals surface area contributed by atoms with Crippen molar-refractivity contribution >= 4 is 80.7 Å². The summed E-state index contributed by atoms with van der Waals surface area (Å²) in [6, 6.07) is -0.107. The van der Waals surface area contributed by atoms with Crippen LogP contribution in [0.2, 0.25) is 0 Å². The first-order valence-electron chi connectivity index (χ1n) is 10.5. The zero-order valence-electron chi connectivity index (χ0n) is 25.4. The molecule has 0 saturated carbocycles. The number of carbonyl (C=O) groups is 1. The molecule has 6 nitrogen and oxygen atoms in total. The number of halogens is 4. The van der Waals surface area contributed by atoms with Crippen molar-refractivity contribution in [2.24, 2.45) is 0 Å². The number of rotatable bonds is 11. The van der Waals surface area contributed by atoms with Crippen LogP contribution in [0.1, 0.15) is 48.0 Å². The van der Waals surface area contributed by atoms with Gasteiger partial charge < -0.3 is 59.0 Å². The molecule has 2 atom stereocenters. The van der Waals surface area contributed by atoms with Gasteiger partial charge in [0, 0.05) is 236 Å². The van der Waals surface area contributed by atoms with Crippen LogP contribution in [0.25, 0.3) is 0 Å². The molecule has 0 aliphatic rings. The number of aldehydes is 1. The van der Waals surface area contributed by atoms with Crippen LogP contribution >= 0.6 is 74.5 Å². The van der Waals surface area contributed by atoms with Crippen molar-refractivity contribution in [2.75, 3.05) is 19.8 Å². The van der Waals surface area contributed by atoms with Crippen molar-refractivity contribution in [1.29, 1.82) is 0 Å². The molecule has 0 bridgehead atoms. The first-order valence-corrected chi connectivity index (χ1v) is 23.1. The van der Waals surface area contributed by atoms with Crippen molar-refractivity contribution in [2.45, 2.75) is 59.5 Å². The topological polar surface area (TPSA) is 68.8 Å². The normalized spacial score (nSPS) is 8.88. The number of carbonyl (C=O) groups excluding carboxylic acids is 1. The molecule has 0 aliphatic carbocycles. The van der Waals surface area contributed by atoms with E-state index in [2.05, 4.69) is 151 Å². The predicted octanol–water partition coefficient (Wildman–Crippen LogP) is 8.97. The number of nitrogens with one attached hydrogen (secondary N) is 2. The first kappa shape index (κ1) is 86.3. The first-order chi connectivity index (χ1) is 16.5. The second-order valence-electron chi connectivity index (χ2n) is 5.39. The average Bonchev–Trinajstić information content (AvgIpc) is 2.88. The molecule has 0 spiro atoms. The molecule has 16 heteroatoms. The van der Waals surface area contributed by atoms with Crippen LogP contribution in [0.15, 0.2) is 37.0 Å². The van der Waals surface area contributed by atoms with Crippen molar-refractivity contribution in [3.05, 3.63) is 78.8 Å². The molecular weight excluding hydrogens is 1720 g/mol. The van der Waals surface area contributed by atoms with Crippen LogP contribution < -0.4 is 10.6 Å². The minimum absolute atomic E-state index is 0. The molecule has 0 aromatic heterocycles. The van der Waals surface area contributed by atoms with E-state index >= 15 is 0 Å². The smallest absolute Gasteiger partial charge is 0.184 e. The second-order valence-corrected chi connectivity index (χ2v) is 5.39. The van der Waals surface area contributed by atoms with Crippen LogP contribution in [0.4, 0.5) is 0 Å². The fraction of sp³-hybridized carbons (Fsp3) is 0.480. The monoisotopic (exact) mass is 1770 g/mol. The zero-order valence-corrected chi connectivity index (χ0v) is 51.4. The van der Waals surface area contributed by atoms with E-state index < -0.39 is 5.54 Å². The van der Waals surface area contributed by atoms with E-state index in [1.54, 1.807) is 6.92 Å². The van der Waals surface area contributed by atoms with Gasteiger partial charge in [0.15, 0.2) is 12.0 Å². The molecule has 41 heavy (non-hydrogen) atoms. The predicted molar refractivity (Wildman–Crippen MR) is 191 cm³/mol. The zero-order chi connectivity index (χ0) is 29.9. The Morgan fingerprint density at radius 3 is 1.32 bits per heavy atom. The van der Waals surface area contributed by atoms with E-state index in [0.29, 0.717) is 37.6 Å². The Morgan fingerprint density at radius 2 is 1.15 bits per heavy atom. The molecule has 0 saturated heterocycles. The maximum Gasteiger partial charge on any atom is 0.184 e. The quantitative estimate of drug-likeness (QED) is 0.0709. The van der Waals surface area contributed by atoms with Gasteiger partial charge in [-0.05, 0) is 20.8 Å². The molecular formula is C25H48I4N2O4W3Y3-6. The third-order valence-electron chi connectivity index (χ3n) is 2.75. The van der Waals surface area contributed by atoms with Crippen LogP contribution in [0, 0.1) is 41.8 Å². The SMILES string of the molecule is C=C(C=O)OCC.C=C(OCC)C([CH2-])(C)N[CH2-].C=C(OCC)C([CH2-])N[CH2-].CC.II.II.[CH2-]C[CH2-].[W].[W].[W].[Y].[Y].[Y]. The van der Waals surface area contributed by atoms with Crippen LogP contribution in [0.3, 0.4) is 0 Å². The standard InChI is InChI=1S/C8H15NO.C7H13NO.C5H8O2.C3H6.C2H6.2I2.3W.3Y/c1-6-10-7(2)8(3,4)9-5;1-5-9-7(3)6(2)8-4;1-3-7-5(2)4-6;1-3-2;3*1-2;;;;;;/h9H,2-3,5-6H2,1,4H3;6,8H,2-5H2,1H3;4H,2-3H2,1H3;1-3H2;1-2H3;;;;;;;;/q2*-2;;-2;;;;;;;;;. The molecule has 0 heterocycles. The Hall–Kier alpha value is 6.51. The molecule has 0 rings (SSSR count). The Labute approximate surface area is 421 Å². The number of ether oxygens (including phenoxy) is 3. The summed E-state index contributed by atoms with van der Waals surface area (Å²) in [5.74, 6) is 1.44. The summed E-state index contributed by atoms with van der Waals surface area (Å²) in [6.07, 6.45) is 1.34. The number of allylic oxidation sites excluding steroid dienone is 1. The van der Waals surface area contributed by atoms with Crippen molar-refractivity contribution in [3.63, 3.8) is 0 Å². The van der Waals surface area contributed by atoms with Crippen molar-refractivity contribution in [3.8, 4) is 0 Å². The van der Waals surface area contributed by atoms with Gasteiger partial charge in [0.1, 0.15) is 0 Å². The third kappa shape index (κ3) is 87.2. The summed E-state index contributed by atoms with van der Waals surface area (Å²) in [6.45, 7) is 38.1. The van der Waals surface area contributed by atoms with Gasteiger partial charge in [0.05, 0.1) is 31.3 Å². The van der Waals surface area contributed by atoms with Gasteiger partial charge in [-0.15, -0.1) is 0 Å². The molecule has 0 aromatic rings. The van der Waals surface area contributed by atoms with Gasteiger partial charge in [-0.2, -0.15) is 0 Å². The minimum atomic E-state index is -0.476. The van der Waals surface area contributed by atoms with Crippen molar-refractivity contribution < 1.29 is 180 Å². The fourth-order valence-electron chi connectivity index (χ4n) is 1.05. The molecule has 2 unspecified atom stereocenters. The summed E-state index contributed by atoms with van der Waals surface area (Å²) in [4.78, 5) is 9.67. The van der Waals surface area contributed by atoms with Gasteiger partial charge in [0.2, 0.25) is 0 Å². The Morgan fingerprint density at radius 1 is 0.854 bits per heavy atom. The van der Waals surface area contributed by atoms with Gasteiger partial charge in [-0.25, -0.2) is 0 Å². The van der Waals surface area contributed by atoms with E-state index in [9.17, 15) is 4.79 Å². The van der Waals surface area contributed by atoms with Gasteiger partial charge in [-0.3, -0.25) is 18.9 Å². The van der Waals surface area contributed by atoms with Gasteiger partial charge >= 0.3 is 0 Å². The van der Waals surface area contributed by atoms with Crippen molar-refractivity contribution in [1.82, 2.24) is 10.6 Å².